The second-order valence-electron chi connectivity index (χ2n) is 7.78. The average Bonchev–Trinajstić information content (AvgIpc) is 3.15. The van der Waals surface area contributed by atoms with Crippen LogP contribution in [-0.4, -0.2) is 46.0 Å². The van der Waals surface area contributed by atoms with E-state index in [0.29, 0.717) is 31.1 Å². The van der Waals surface area contributed by atoms with Gasteiger partial charge in [-0.2, -0.15) is 4.36 Å². The summed E-state index contributed by atoms with van der Waals surface area (Å²) in [4.78, 5) is 8.87. The Morgan fingerprint density at radius 3 is 2.83 bits per heavy atom. The highest BCUT2D eigenvalue weighted by Gasteiger charge is 2.20. The zero-order chi connectivity index (χ0) is 21.3. The largest absolute Gasteiger partial charge is 0.488 e. The molecular weight excluding hydrogens is 405 g/mol. The Balaban J connectivity index is 1.73. The standard InChI is InChI=1S/C22H24FN3O3S/c1-14-8-17(26-30(2,3)27)11-20-22(14)19(24-13-25-20)9-15-4-5-16(23)10-21(15)29-18-6-7-28-12-18/h4-5,8,10-11,13,18H,6-7,9,12H2,1-3H3. The van der Waals surface area contributed by atoms with E-state index in [-0.39, 0.29) is 11.9 Å². The molecule has 1 aliphatic rings. The van der Waals surface area contributed by atoms with E-state index in [2.05, 4.69) is 14.3 Å². The number of benzene rings is 2. The Labute approximate surface area is 175 Å². The summed E-state index contributed by atoms with van der Waals surface area (Å²) in [5.74, 6) is 0.170. The number of ether oxygens (including phenoxy) is 2. The number of aromatic nitrogens is 2. The lowest BCUT2D eigenvalue weighted by atomic mass is 10.0. The van der Waals surface area contributed by atoms with E-state index in [4.69, 9.17) is 9.47 Å². The van der Waals surface area contributed by atoms with Crippen LogP contribution in [0.2, 0.25) is 0 Å². The van der Waals surface area contributed by atoms with Crippen molar-refractivity contribution in [2.45, 2.75) is 25.9 Å². The molecule has 0 bridgehead atoms. The number of halogens is 1. The maximum absolute atomic E-state index is 13.9. The van der Waals surface area contributed by atoms with Crippen LogP contribution in [0, 0.1) is 12.7 Å². The quantitative estimate of drug-likeness (QED) is 0.608. The number of aryl methyl sites for hydroxylation is 1. The first-order chi connectivity index (χ1) is 14.3. The Morgan fingerprint density at radius 1 is 1.27 bits per heavy atom. The van der Waals surface area contributed by atoms with Gasteiger partial charge >= 0.3 is 0 Å². The zero-order valence-electron chi connectivity index (χ0n) is 17.2. The molecule has 30 heavy (non-hydrogen) atoms. The van der Waals surface area contributed by atoms with Crippen LogP contribution < -0.4 is 4.74 Å². The third-order valence-electron chi connectivity index (χ3n) is 4.89. The predicted molar refractivity (Wildman–Crippen MR) is 115 cm³/mol. The van der Waals surface area contributed by atoms with Crippen molar-refractivity contribution in [3.63, 3.8) is 0 Å². The van der Waals surface area contributed by atoms with Crippen molar-refractivity contribution in [2.75, 3.05) is 25.7 Å². The van der Waals surface area contributed by atoms with Crippen molar-refractivity contribution in [1.29, 1.82) is 0 Å². The van der Waals surface area contributed by atoms with Crippen LogP contribution >= 0.6 is 0 Å². The molecule has 158 valence electrons. The van der Waals surface area contributed by atoms with Crippen LogP contribution in [0.4, 0.5) is 10.1 Å². The van der Waals surface area contributed by atoms with Gasteiger partial charge in [0.05, 0.1) is 30.1 Å². The van der Waals surface area contributed by atoms with Gasteiger partial charge in [-0.3, -0.25) is 0 Å². The van der Waals surface area contributed by atoms with Crippen molar-refractivity contribution >= 4 is 26.3 Å². The minimum Gasteiger partial charge on any atom is -0.488 e. The summed E-state index contributed by atoms with van der Waals surface area (Å²) in [6.45, 7) is 3.12. The second kappa shape index (κ2) is 8.28. The van der Waals surface area contributed by atoms with Gasteiger partial charge in [-0.05, 0) is 30.7 Å². The molecule has 0 saturated carbocycles. The van der Waals surface area contributed by atoms with Crippen molar-refractivity contribution in [3.8, 4) is 5.75 Å². The highest BCUT2D eigenvalue weighted by Crippen LogP contribution is 2.30. The van der Waals surface area contributed by atoms with Gasteiger partial charge in [0, 0.05) is 52.1 Å². The molecule has 8 heteroatoms. The van der Waals surface area contributed by atoms with E-state index in [1.165, 1.54) is 18.5 Å². The topological polar surface area (TPSA) is 73.7 Å². The molecule has 3 aromatic rings. The predicted octanol–water partition coefficient (Wildman–Crippen LogP) is 4.19. The number of fused-ring (bicyclic) bond motifs is 1. The summed E-state index contributed by atoms with van der Waals surface area (Å²) in [6.07, 6.45) is 5.89. The smallest absolute Gasteiger partial charge is 0.126 e. The second-order valence-corrected chi connectivity index (χ2v) is 10.3. The SMILES string of the molecule is Cc1cc(N=S(C)(C)=O)cc2ncnc(Cc3ccc(F)cc3OC3CCOC3)c12. The van der Waals surface area contributed by atoms with E-state index in [1.54, 1.807) is 18.6 Å². The summed E-state index contributed by atoms with van der Waals surface area (Å²) in [5.41, 5.74) is 3.97. The van der Waals surface area contributed by atoms with Gasteiger partial charge in [0.2, 0.25) is 0 Å². The minimum absolute atomic E-state index is 0.0726. The number of hydrogen-bond donors (Lipinski definition) is 0. The molecule has 1 atom stereocenters. The van der Waals surface area contributed by atoms with E-state index in [9.17, 15) is 8.60 Å². The van der Waals surface area contributed by atoms with Gasteiger partial charge in [-0.1, -0.05) is 6.07 Å². The van der Waals surface area contributed by atoms with Crippen LogP contribution in [0.3, 0.4) is 0 Å². The number of nitrogens with zero attached hydrogens (tertiary/aromatic N) is 3. The van der Waals surface area contributed by atoms with Crippen molar-refractivity contribution in [1.82, 2.24) is 9.97 Å². The normalized spacial score (nSPS) is 16.7. The molecule has 1 saturated heterocycles. The molecule has 1 unspecified atom stereocenters. The van der Waals surface area contributed by atoms with Crippen molar-refractivity contribution < 1.29 is 18.1 Å². The third kappa shape index (κ3) is 4.76. The summed E-state index contributed by atoms with van der Waals surface area (Å²) in [6, 6.07) is 8.29. The molecule has 0 aliphatic carbocycles. The first-order valence-electron chi connectivity index (χ1n) is 9.73. The summed E-state index contributed by atoms with van der Waals surface area (Å²) < 4.78 is 41.6. The Morgan fingerprint density at radius 2 is 2.10 bits per heavy atom. The molecule has 1 aliphatic heterocycles. The fourth-order valence-corrected chi connectivity index (χ4v) is 4.26. The zero-order valence-corrected chi connectivity index (χ0v) is 18.0. The molecule has 0 spiro atoms. The Kier molecular flexibility index (Phi) is 5.71. The summed E-state index contributed by atoms with van der Waals surface area (Å²) >= 11 is 0. The monoisotopic (exact) mass is 429 g/mol. The fraction of sp³-hybridized carbons (Fsp3) is 0.364. The fourth-order valence-electron chi connectivity index (χ4n) is 3.64. The highest BCUT2D eigenvalue weighted by atomic mass is 32.2. The first kappa shape index (κ1) is 20.7. The highest BCUT2D eigenvalue weighted by molar-refractivity contribution is 7.92. The number of hydrogen-bond acceptors (Lipinski definition) is 6. The number of rotatable bonds is 5. The lowest BCUT2D eigenvalue weighted by Gasteiger charge is -2.16. The Hall–Kier alpha value is -2.58. The maximum atomic E-state index is 13.9. The molecule has 4 rings (SSSR count). The summed E-state index contributed by atoms with van der Waals surface area (Å²) in [5, 5.41) is 0.912. The molecule has 1 fully saturated rings. The lowest BCUT2D eigenvalue weighted by molar-refractivity contribution is 0.140. The average molecular weight is 430 g/mol. The molecule has 0 amide bonds. The van der Waals surface area contributed by atoms with Gasteiger partial charge < -0.3 is 9.47 Å². The van der Waals surface area contributed by atoms with Crippen LogP contribution in [0.15, 0.2) is 41.0 Å². The van der Waals surface area contributed by atoms with E-state index < -0.39 is 9.73 Å². The maximum Gasteiger partial charge on any atom is 0.126 e. The minimum atomic E-state index is -2.27. The van der Waals surface area contributed by atoms with Crippen LogP contribution in [0.5, 0.6) is 5.75 Å². The van der Waals surface area contributed by atoms with Crippen LogP contribution in [0.25, 0.3) is 10.9 Å². The molecule has 0 N–H and O–H groups in total. The van der Waals surface area contributed by atoms with E-state index in [1.807, 2.05) is 19.1 Å². The van der Waals surface area contributed by atoms with Crippen molar-refractivity contribution in [2.24, 2.45) is 4.36 Å². The molecule has 2 heterocycles. The van der Waals surface area contributed by atoms with Gasteiger partial charge in [-0.25, -0.2) is 18.6 Å². The third-order valence-corrected chi connectivity index (χ3v) is 5.54. The Bertz CT molecular complexity index is 1210. The van der Waals surface area contributed by atoms with E-state index >= 15 is 0 Å². The molecule has 1 aromatic heterocycles. The molecule has 6 nitrogen and oxygen atoms in total. The van der Waals surface area contributed by atoms with Crippen molar-refractivity contribution in [3.05, 3.63) is 59.3 Å². The lowest BCUT2D eigenvalue weighted by Crippen LogP contribution is -2.17. The van der Waals surface area contributed by atoms with Gasteiger partial charge in [0.25, 0.3) is 0 Å². The molecule has 0 radical (unpaired) electrons. The van der Waals surface area contributed by atoms with Crippen LogP contribution in [-0.2, 0) is 20.9 Å². The van der Waals surface area contributed by atoms with E-state index in [0.717, 1.165) is 34.1 Å². The first-order valence-corrected chi connectivity index (χ1v) is 12.1. The molecule has 2 aromatic carbocycles. The van der Waals surface area contributed by atoms with Crippen LogP contribution in [0.1, 0.15) is 23.2 Å². The van der Waals surface area contributed by atoms with Gasteiger partial charge in [0.1, 0.15) is 24.0 Å². The molecular formula is C22H24FN3O3S. The summed E-state index contributed by atoms with van der Waals surface area (Å²) in [7, 11) is -2.27. The van der Waals surface area contributed by atoms with Gasteiger partial charge in [0.15, 0.2) is 0 Å². The van der Waals surface area contributed by atoms with Gasteiger partial charge in [-0.15, -0.1) is 0 Å².